The maximum Gasteiger partial charge on any atom is 0.206 e. The highest BCUT2D eigenvalue weighted by molar-refractivity contribution is 7.91. The van der Waals surface area contributed by atoms with Crippen molar-refractivity contribution in [2.45, 2.75) is 22.8 Å². The fourth-order valence-electron chi connectivity index (χ4n) is 2.53. The molecule has 0 heterocycles. The summed E-state index contributed by atoms with van der Waals surface area (Å²) in [7, 11) is -3.66. The lowest BCUT2D eigenvalue weighted by molar-refractivity contribution is 0.220. The molecule has 3 aromatic rings. The predicted octanol–water partition coefficient (Wildman–Crippen LogP) is 3.62. The van der Waals surface area contributed by atoms with E-state index < -0.39 is 15.9 Å². The van der Waals surface area contributed by atoms with Crippen molar-refractivity contribution in [2.24, 2.45) is 0 Å². The molecule has 0 saturated heterocycles. The Labute approximate surface area is 146 Å². The van der Waals surface area contributed by atoms with E-state index in [1.807, 2.05) is 31.2 Å². The highest BCUT2D eigenvalue weighted by atomic mass is 32.2. The van der Waals surface area contributed by atoms with E-state index in [9.17, 15) is 18.6 Å². The van der Waals surface area contributed by atoms with Gasteiger partial charge in [-0.25, -0.2) is 8.42 Å². The lowest BCUT2D eigenvalue weighted by Crippen LogP contribution is -2.04. The Hall–Kier alpha value is -2.63. The minimum Gasteiger partial charge on any atom is -0.508 e. The first-order valence-electron chi connectivity index (χ1n) is 7.76. The Morgan fingerprint density at radius 3 is 1.60 bits per heavy atom. The fraction of sp³-hybridized carbons (Fsp3) is 0.100. The SMILES string of the molecule is Cc1ccc(C(O)c2ccc(S(=O)(=O)c3ccc(O)cc3)cc2)cc1. The summed E-state index contributed by atoms with van der Waals surface area (Å²) >= 11 is 0. The van der Waals surface area contributed by atoms with Crippen LogP contribution in [0.25, 0.3) is 0 Å². The third-order valence-electron chi connectivity index (χ3n) is 4.05. The average molecular weight is 354 g/mol. The summed E-state index contributed by atoms with van der Waals surface area (Å²) in [6, 6.07) is 19.1. The number of phenolic OH excluding ortho intramolecular Hbond substituents is 1. The zero-order chi connectivity index (χ0) is 18.0. The molecule has 2 N–H and O–H groups in total. The molecule has 1 atom stereocenters. The summed E-state index contributed by atoms with van der Waals surface area (Å²) in [5.74, 6) is 0.00974. The summed E-state index contributed by atoms with van der Waals surface area (Å²) in [5.41, 5.74) is 2.47. The van der Waals surface area contributed by atoms with Gasteiger partial charge in [0.25, 0.3) is 0 Å². The van der Waals surface area contributed by atoms with Crippen LogP contribution < -0.4 is 0 Å². The van der Waals surface area contributed by atoms with Crippen LogP contribution in [0.3, 0.4) is 0 Å². The second-order valence-electron chi connectivity index (χ2n) is 5.88. The summed E-state index contributed by atoms with van der Waals surface area (Å²) in [6.07, 6.45) is -0.814. The molecule has 25 heavy (non-hydrogen) atoms. The molecule has 1 unspecified atom stereocenters. The van der Waals surface area contributed by atoms with Gasteiger partial charge in [-0.15, -0.1) is 0 Å². The summed E-state index contributed by atoms with van der Waals surface area (Å²) in [6.45, 7) is 1.97. The number of aryl methyl sites for hydroxylation is 1. The van der Waals surface area contributed by atoms with Crippen molar-refractivity contribution in [2.75, 3.05) is 0 Å². The van der Waals surface area contributed by atoms with E-state index in [2.05, 4.69) is 0 Å². The molecule has 0 aromatic heterocycles. The van der Waals surface area contributed by atoms with Crippen LogP contribution in [-0.2, 0) is 9.84 Å². The van der Waals surface area contributed by atoms with Gasteiger partial charge < -0.3 is 10.2 Å². The van der Waals surface area contributed by atoms with Gasteiger partial charge in [0.05, 0.1) is 9.79 Å². The van der Waals surface area contributed by atoms with Crippen LogP contribution in [0.4, 0.5) is 0 Å². The van der Waals surface area contributed by atoms with E-state index in [1.165, 1.54) is 36.4 Å². The maximum atomic E-state index is 12.6. The number of phenols is 1. The van der Waals surface area contributed by atoms with E-state index in [0.29, 0.717) is 5.56 Å². The van der Waals surface area contributed by atoms with Crippen molar-refractivity contribution in [3.63, 3.8) is 0 Å². The third kappa shape index (κ3) is 3.57. The Morgan fingerprint density at radius 2 is 1.12 bits per heavy atom. The van der Waals surface area contributed by atoms with Crippen LogP contribution in [0, 0.1) is 6.92 Å². The molecule has 0 amide bonds. The molecule has 0 radical (unpaired) electrons. The number of hydrogen-bond donors (Lipinski definition) is 2. The van der Waals surface area contributed by atoms with Crippen molar-refractivity contribution < 1.29 is 18.6 Å². The second kappa shape index (κ2) is 6.70. The summed E-state index contributed by atoms with van der Waals surface area (Å²) in [5, 5.41) is 19.7. The molecule has 0 aliphatic rings. The van der Waals surface area contributed by atoms with Crippen LogP contribution in [0.1, 0.15) is 22.8 Å². The van der Waals surface area contributed by atoms with Gasteiger partial charge in [-0.3, -0.25) is 0 Å². The van der Waals surface area contributed by atoms with Gasteiger partial charge >= 0.3 is 0 Å². The number of benzene rings is 3. The first-order chi connectivity index (χ1) is 11.9. The van der Waals surface area contributed by atoms with Crippen molar-refractivity contribution in [1.82, 2.24) is 0 Å². The van der Waals surface area contributed by atoms with Crippen LogP contribution in [-0.4, -0.2) is 18.6 Å². The lowest BCUT2D eigenvalue weighted by atomic mass is 10.0. The molecule has 0 bridgehead atoms. The predicted molar refractivity (Wildman–Crippen MR) is 95.2 cm³/mol. The van der Waals surface area contributed by atoms with Gasteiger partial charge in [-0.05, 0) is 54.4 Å². The monoisotopic (exact) mass is 354 g/mol. The van der Waals surface area contributed by atoms with Crippen molar-refractivity contribution >= 4 is 9.84 Å². The number of aliphatic hydroxyl groups excluding tert-OH is 1. The Morgan fingerprint density at radius 1 is 0.720 bits per heavy atom. The zero-order valence-electron chi connectivity index (χ0n) is 13.6. The van der Waals surface area contributed by atoms with Gasteiger partial charge in [0.2, 0.25) is 9.84 Å². The molecule has 3 rings (SSSR count). The van der Waals surface area contributed by atoms with Crippen LogP contribution in [0.5, 0.6) is 5.75 Å². The van der Waals surface area contributed by atoms with E-state index in [-0.39, 0.29) is 15.5 Å². The van der Waals surface area contributed by atoms with Gasteiger partial charge in [-0.2, -0.15) is 0 Å². The van der Waals surface area contributed by atoms with Crippen molar-refractivity contribution in [3.05, 3.63) is 89.5 Å². The molecule has 0 saturated carbocycles. The van der Waals surface area contributed by atoms with Crippen LogP contribution >= 0.6 is 0 Å². The molecule has 0 spiro atoms. The topological polar surface area (TPSA) is 74.6 Å². The van der Waals surface area contributed by atoms with E-state index >= 15 is 0 Å². The van der Waals surface area contributed by atoms with Crippen LogP contribution in [0.2, 0.25) is 0 Å². The second-order valence-corrected chi connectivity index (χ2v) is 7.83. The summed E-state index contributed by atoms with van der Waals surface area (Å²) < 4.78 is 25.2. The van der Waals surface area contributed by atoms with E-state index in [4.69, 9.17) is 0 Å². The minimum atomic E-state index is -3.66. The number of aromatic hydroxyl groups is 1. The van der Waals surface area contributed by atoms with Gasteiger partial charge in [0, 0.05) is 0 Å². The number of hydrogen-bond acceptors (Lipinski definition) is 4. The highest BCUT2D eigenvalue weighted by Gasteiger charge is 2.18. The smallest absolute Gasteiger partial charge is 0.206 e. The summed E-state index contributed by atoms with van der Waals surface area (Å²) in [4.78, 5) is 0.246. The fourth-order valence-corrected chi connectivity index (χ4v) is 3.79. The molecule has 0 fully saturated rings. The first-order valence-corrected chi connectivity index (χ1v) is 9.25. The molecule has 128 valence electrons. The van der Waals surface area contributed by atoms with Crippen molar-refractivity contribution in [1.29, 1.82) is 0 Å². The Kier molecular flexibility index (Phi) is 4.61. The first kappa shape index (κ1) is 17.2. The highest BCUT2D eigenvalue weighted by Crippen LogP contribution is 2.26. The molecule has 4 nitrogen and oxygen atoms in total. The normalized spacial score (nSPS) is 12.7. The maximum absolute atomic E-state index is 12.6. The standard InChI is InChI=1S/C20H18O4S/c1-14-2-4-15(5-3-14)20(22)16-6-10-18(11-7-16)25(23,24)19-12-8-17(21)9-13-19/h2-13,20-22H,1H3. The Balaban J connectivity index is 1.89. The van der Waals surface area contributed by atoms with Gasteiger partial charge in [0.15, 0.2) is 0 Å². The number of sulfone groups is 1. The zero-order valence-corrected chi connectivity index (χ0v) is 14.4. The van der Waals surface area contributed by atoms with Crippen LogP contribution in [0.15, 0.2) is 82.6 Å². The van der Waals surface area contributed by atoms with Crippen molar-refractivity contribution in [3.8, 4) is 5.75 Å². The van der Waals surface area contributed by atoms with Gasteiger partial charge in [0.1, 0.15) is 11.9 Å². The Bertz CT molecular complexity index is 958. The van der Waals surface area contributed by atoms with E-state index in [1.54, 1.807) is 12.1 Å². The quantitative estimate of drug-likeness (QED) is 0.750. The molecule has 3 aromatic carbocycles. The molecular formula is C20H18O4S. The minimum absolute atomic E-state index is 0.00974. The lowest BCUT2D eigenvalue weighted by Gasteiger charge is -2.13. The average Bonchev–Trinajstić information content (AvgIpc) is 2.62. The van der Waals surface area contributed by atoms with Gasteiger partial charge in [-0.1, -0.05) is 42.0 Å². The largest absolute Gasteiger partial charge is 0.508 e. The number of aliphatic hydroxyl groups is 1. The molecular weight excluding hydrogens is 336 g/mol. The third-order valence-corrected chi connectivity index (χ3v) is 5.83. The number of rotatable bonds is 4. The molecule has 0 aliphatic carbocycles. The molecule has 0 aliphatic heterocycles. The molecule has 5 heteroatoms. The van der Waals surface area contributed by atoms with E-state index in [0.717, 1.165) is 11.1 Å².